The van der Waals surface area contributed by atoms with Gasteiger partial charge >= 0.3 is 0 Å². The van der Waals surface area contributed by atoms with Crippen molar-refractivity contribution in [2.75, 3.05) is 0 Å². The molecule has 3 heteroatoms. The van der Waals surface area contributed by atoms with Gasteiger partial charge in [0.1, 0.15) is 0 Å². The minimum Gasteiger partial charge on any atom is -0.229 e. The molecule has 2 rings (SSSR count). The number of fused-ring (bicyclic) bond motifs is 1. The second-order valence-electron chi connectivity index (χ2n) is 2.20. The number of rotatable bonds is 0. The molecule has 0 saturated heterocycles. The van der Waals surface area contributed by atoms with E-state index in [1.165, 1.54) is 11.0 Å². The molecule has 10 heavy (non-hydrogen) atoms. The minimum absolute atomic E-state index is 0.993. The summed E-state index contributed by atoms with van der Waals surface area (Å²) in [6, 6.07) is 0. The lowest BCUT2D eigenvalue weighted by atomic mass is 10.2. The van der Waals surface area contributed by atoms with Gasteiger partial charge in [0.2, 0.25) is 0 Å². The third-order valence-electron chi connectivity index (χ3n) is 1.49. The molecule has 52 valence electrons. The molecule has 0 aromatic carbocycles. The molecule has 1 aromatic heterocycles. The summed E-state index contributed by atoms with van der Waals surface area (Å²) in [7, 11) is 0. The highest BCUT2D eigenvalue weighted by molar-refractivity contribution is 9.11. The van der Waals surface area contributed by atoms with Crippen molar-refractivity contribution in [1.29, 1.82) is 0 Å². The number of hydrogen-bond acceptors (Lipinski definition) is 2. The van der Waals surface area contributed by atoms with E-state index in [2.05, 4.69) is 33.1 Å². The maximum atomic E-state index is 4.30. The van der Waals surface area contributed by atoms with Gasteiger partial charge in [0, 0.05) is 0 Å². The molecule has 0 spiro atoms. The summed E-state index contributed by atoms with van der Waals surface area (Å²) in [4.78, 5) is 4.30. The van der Waals surface area contributed by atoms with Gasteiger partial charge in [0.05, 0.1) is 9.88 Å². The van der Waals surface area contributed by atoms with Gasteiger partial charge in [0.15, 0.2) is 3.92 Å². The van der Waals surface area contributed by atoms with Crippen molar-refractivity contribution in [3.05, 3.63) is 13.8 Å². The number of hydrogen-bond donors (Lipinski definition) is 0. The third-order valence-corrected chi connectivity index (χ3v) is 3.01. The first kappa shape index (κ1) is 6.55. The highest BCUT2D eigenvalue weighted by Gasteiger charge is 1.97. The number of aromatic nitrogens is 1. The van der Waals surface area contributed by atoms with E-state index in [0.717, 1.165) is 15.7 Å². The lowest BCUT2D eigenvalue weighted by molar-refractivity contribution is 1.10. The van der Waals surface area contributed by atoms with E-state index in [9.17, 15) is 0 Å². The number of thiazole rings is 1. The Bertz CT molecular complexity index is 319. The molecule has 1 aliphatic rings. The van der Waals surface area contributed by atoms with Crippen LogP contribution >= 0.6 is 27.3 Å². The van der Waals surface area contributed by atoms with E-state index in [1.54, 1.807) is 11.3 Å². The molecular weight excluding hydrogens is 210 g/mol. The molecule has 1 heterocycles. The summed E-state index contributed by atoms with van der Waals surface area (Å²) in [5, 5.41) is 1.16. The predicted octanol–water partition coefficient (Wildman–Crippen LogP) is 1.26. The van der Waals surface area contributed by atoms with Crippen LogP contribution in [0.25, 0.3) is 12.2 Å². The van der Waals surface area contributed by atoms with E-state index in [4.69, 9.17) is 0 Å². The van der Waals surface area contributed by atoms with Gasteiger partial charge in [-0.1, -0.05) is 12.2 Å². The van der Waals surface area contributed by atoms with Gasteiger partial charge < -0.3 is 0 Å². The highest BCUT2D eigenvalue weighted by atomic mass is 79.9. The Morgan fingerprint density at radius 3 is 3.00 bits per heavy atom. The second-order valence-corrected chi connectivity index (χ2v) is 4.51. The maximum absolute atomic E-state index is 4.30. The lowest BCUT2D eigenvalue weighted by Gasteiger charge is -1.89. The molecule has 0 atom stereocenters. The molecule has 0 radical (unpaired) electrons. The molecule has 0 saturated carbocycles. The summed E-state index contributed by atoms with van der Waals surface area (Å²) in [5.41, 5.74) is 0. The average Bonchev–Trinajstić information content (AvgIpc) is 2.27. The first-order valence-corrected chi connectivity index (χ1v) is 4.80. The Kier molecular flexibility index (Phi) is 1.62. The van der Waals surface area contributed by atoms with Crippen molar-refractivity contribution in [2.24, 2.45) is 0 Å². The first-order valence-electron chi connectivity index (χ1n) is 3.19. The van der Waals surface area contributed by atoms with Crippen LogP contribution in [-0.2, 0) is 0 Å². The molecule has 1 nitrogen and oxygen atoms in total. The molecular formula is C7H6BrNS. The van der Waals surface area contributed by atoms with Gasteiger partial charge in [-0.25, -0.2) is 4.98 Å². The monoisotopic (exact) mass is 215 g/mol. The van der Waals surface area contributed by atoms with Gasteiger partial charge in [-0.05, 0) is 28.8 Å². The third kappa shape index (κ3) is 1.04. The quantitative estimate of drug-likeness (QED) is 0.636. The van der Waals surface area contributed by atoms with Crippen LogP contribution in [0.2, 0.25) is 0 Å². The Balaban J connectivity index is 2.83. The van der Waals surface area contributed by atoms with Gasteiger partial charge in [-0.2, -0.15) is 0 Å². The van der Waals surface area contributed by atoms with E-state index < -0.39 is 0 Å². The smallest absolute Gasteiger partial charge is 0.160 e. The van der Waals surface area contributed by atoms with Gasteiger partial charge in [-0.15, -0.1) is 11.3 Å². The van der Waals surface area contributed by atoms with E-state index in [1.807, 2.05) is 0 Å². The SMILES string of the molecule is Brc1nc2c(s1)=CCCC=2. The summed E-state index contributed by atoms with van der Waals surface area (Å²) in [6.07, 6.45) is 6.75. The Morgan fingerprint density at radius 1 is 1.40 bits per heavy atom. The van der Waals surface area contributed by atoms with Crippen molar-refractivity contribution in [3.8, 4) is 0 Å². The Labute approximate surface area is 71.2 Å². The molecule has 0 fully saturated rings. The standard InChI is InChI=1S/C7H6BrNS/c8-7-9-5-3-1-2-4-6(5)10-7/h3-4H,1-2H2. The van der Waals surface area contributed by atoms with Gasteiger partial charge in [0.25, 0.3) is 0 Å². The van der Waals surface area contributed by atoms with Crippen LogP contribution < -0.4 is 9.88 Å². The molecule has 0 N–H and O–H groups in total. The summed E-state index contributed by atoms with van der Waals surface area (Å²) in [6.45, 7) is 0. The number of nitrogens with zero attached hydrogens (tertiary/aromatic N) is 1. The van der Waals surface area contributed by atoms with Crippen LogP contribution in [0.1, 0.15) is 12.8 Å². The summed E-state index contributed by atoms with van der Waals surface area (Å²) >= 11 is 5.07. The van der Waals surface area contributed by atoms with Crippen molar-refractivity contribution in [1.82, 2.24) is 4.98 Å². The Hall–Kier alpha value is -0.150. The topological polar surface area (TPSA) is 12.9 Å². The predicted molar refractivity (Wildman–Crippen MR) is 47.2 cm³/mol. The van der Waals surface area contributed by atoms with Crippen LogP contribution in [0, 0.1) is 0 Å². The van der Waals surface area contributed by atoms with E-state index in [-0.39, 0.29) is 0 Å². The fraction of sp³-hybridized carbons (Fsp3) is 0.286. The van der Waals surface area contributed by atoms with Crippen molar-refractivity contribution >= 4 is 39.4 Å². The highest BCUT2D eigenvalue weighted by Crippen LogP contribution is 2.07. The molecule has 0 aliphatic heterocycles. The van der Waals surface area contributed by atoms with Crippen LogP contribution in [0.15, 0.2) is 3.92 Å². The molecule has 1 aromatic rings. The van der Waals surface area contributed by atoms with Crippen LogP contribution in [-0.4, -0.2) is 4.98 Å². The zero-order valence-corrected chi connectivity index (χ0v) is 7.70. The minimum atomic E-state index is 0.993. The zero-order chi connectivity index (χ0) is 6.97. The Morgan fingerprint density at radius 2 is 2.20 bits per heavy atom. The molecule has 0 amide bonds. The normalized spacial score (nSPS) is 15.3. The van der Waals surface area contributed by atoms with Crippen molar-refractivity contribution in [2.45, 2.75) is 12.8 Å². The van der Waals surface area contributed by atoms with Crippen molar-refractivity contribution < 1.29 is 0 Å². The van der Waals surface area contributed by atoms with Crippen LogP contribution in [0.3, 0.4) is 0 Å². The van der Waals surface area contributed by atoms with Crippen LogP contribution in [0.4, 0.5) is 0 Å². The van der Waals surface area contributed by atoms with Gasteiger partial charge in [-0.3, -0.25) is 0 Å². The fourth-order valence-corrected chi connectivity index (χ4v) is 2.52. The summed E-state index contributed by atoms with van der Waals surface area (Å²) in [5.74, 6) is 0. The largest absolute Gasteiger partial charge is 0.229 e. The fourth-order valence-electron chi connectivity index (χ4n) is 1.04. The molecule has 0 unspecified atom stereocenters. The number of halogens is 1. The first-order chi connectivity index (χ1) is 4.86. The lowest BCUT2D eigenvalue weighted by Crippen LogP contribution is -2.22. The van der Waals surface area contributed by atoms with Crippen molar-refractivity contribution in [3.63, 3.8) is 0 Å². The van der Waals surface area contributed by atoms with Crippen LogP contribution in [0.5, 0.6) is 0 Å². The maximum Gasteiger partial charge on any atom is 0.160 e. The van der Waals surface area contributed by atoms with E-state index in [0.29, 0.717) is 0 Å². The average molecular weight is 216 g/mol. The summed E-state index contributed by atoms with van der Waals surface area (Å²) < 4.78 is 2.31. The molecule has 0 bridgehead atoms. The van der Waals surface area contributed by atoms with E-state index >= 15 is 0 Å². The second kappa shape index (κ2) is 2.47. The zero-order valence-electron chi connectivity index (χ0n) is 5.30. The molecule has 1 aliphatic carbocycles.